The topological polar surface area (TPSA) is 83.1 Å². The fourth-order valence-electron chi connectivity index (χ4n) is 7.15. The Kier molecular flexibility index (Phi) is 8.89. The molecule has 0 radical (unpaired) electrons. The summed E-state index contributed by atoms with van der Waals surface area (Å²) in [6, 6.07) is 16.9. The number of piperidine rings is 1. The van der Waals surface area contributed by atoms with Crippen molar-refractivity contribution >= 4 is 17.7 Å². The minimum Gasteiger partial charge on any atom is -0.385 e. The normalized spacial score (nSPS) is 27.6. The molecule has 0 amide bonds. The van der Waals surface area contributed by atoms with E-state index in [1.807, 2.05) is 21.1 Å². The van der Waals surface area contributed by atoms with Gasteiger partial charge in [0, 0.05) is 31.0 Å². The minimum atomic E-state index is -0.686. The van der Waals surface area contributed by atoms with Crippen LogP contribution in [0, 0.1) is 5.92 Å². The molecule has 2 aromatic rings. The fourth-order valence-corrected chi connectivity index (χ4v) is 7.15. The summed E-state index contributed by atoms with van der Waals surface area (Å²) < 4.78 is 0. The van der Waals surface area contributed by atoms with Crippen molar-refractivity contribution in [1.82, 2.24) is 21.1 Å². The van der Waals surface area contributed by atoms with Crippen molar-refractivity contribution in [2.45, 2.75) is 68.9 Å². The highest BCUT2D eigenvalue weighted by atomic mass is 16.3. The molecule has 4 unspecified atom stereocenters. The zero-order chi connectivity index (χ0) is 27.4. The van der Waals surface area contributed by atoms with Gasteiger partial charge in [-0.05, 0) is 88.5 Å². The molecule has 4 N–H and O–H groups in total. The number of aldehydes is 1. The van der Waals surface area contributed by atoms with Gasteiger partial charge in [0.2, 0.25) is 0 Å². The highest BCUT2D eigenvalue weighted by Gasteiger charge is 2.36. The summed E-state index contributed by atoms with van der Waals surface area (Å²) in [5.41, 5.74) is 7.29. The molecule has 0 spiro atoms. The van der Waals surface area contributed by atoms with E-state index in [0.29, 0.717) is 0 Å². The first-order valence-corrected chi connectivity index (χ1v) is 14.7. The number of carbonyl (C=O) groups excluding carboxylic acids is 1. The molecule has 0 bridgehead atoms. The second kappa shape index (κ2) is 12.4. The van der Waals surface area contributed by atoms with Crippen molar-refractivity contribution in [1.29, 1.82) is 0 Å². The van der Waals surface area contributed by atoms with Gasteiger partial charge in [0.05, 0.1) is 24.0 Å². The molecule has 212 valence electrons. The van der Waals surface area contributed by atoms with Crippen LogP contribution in [0.1, 0.15) is 49.7 Å². The number of hydrogen-bond donors (Lipinski definition) is 4. The van der Waals surface area contributed by atoms with Gasteiger partial charge in [0.25, 0.3) is 0 Å². The van der Waals surface area contributed by atoms with E-state index in [-0.39, 0.29) is 24.3 Å². The van der Waals surface area contributed by atoms with E-state index in [1.54, 1.807) is 0 Å². The lowest BCUT2D eigenvalue weighted by Crippen LogP contribution is -2.69. The number of hydrogen-bond acceptors (Lipinski definition) is 8. The van der Waals surface area contributed by atoms with Crippen molar-refractivity contribution in [3.63, 3.8) is 0 Å². The summed E-state index contributed by atoms with van der Waals surface area (Å²) >= 11 is 0. The van der Waals surface area contributed by atoms with Gasteiger partial charge in [-0.25, -0.2) is 5.01 Å². The standard InChI is InChI=1S/C31H46N6O2/c1-32-29-20-35(21-30(33-2)37(29)34-3)27-11-5-4-9-23(27)19-24-10-8-18-36(28(24)22-38)26-14-12-25(13-15-26)31(39)16-6-7-17-31/h4-5,9,11-15,22,24,28-30,32-34,39H,6-8,10,16-21H2,1-3H3. The Bertz CT molecular complexity index is 1070. The Morgan fingerprint density at radius 3 is 2.23 bits per heavy atom. The molecule has 2 aliphatic heterocycles. The highest BCUT2D eigenvalue weighted by Crippen LogP contribution is 2.40. The first-order chi connectivity index (χ1) is 19.0. The van der Waals surface area contributed by atoms with Gasteiger partial charge in [-0.15, -0.1) is 0 Å². The third-order valence-electron chi connectivity index (χ3n) is 9.32. The van der Waals surface area contributed by atoms with Gasteiger partial charge in [0.1, 0.15) is 6.29 Å². The van der Waals surface area contributed by atoms with E-state index in [2.05, 4.69) is 79.4 Å². The van der Waals surface area contributed by atoms with Crippen molar-refractivity contribution in [2.75, 3.05) is 50.6 Å². The maximum Gasteiger partial charge on any atom is 0.142 e. The Hall–Kier alpha value is -2.49. The van der Waals surface area contributed by atoms with Crippen LogP contribution in [0.2, 0.25) is 0 Å². The molecule has 3 fully saturated rings. The molecule has 2 heterocycles. The van der Waals surface area contributed by atoms with Gasteiger partial charge >= 0.3 is 0 Å². The van der Waals surface area contributed by atoms with Gasteiger partial charge in [-0.1, -0.05) is 43.2 Å². The van der Waals surface area contributed by atoms with Crippen LogP contribution in [0.4, 0.5) is 11.4 Å². The van der Waals surface area contributed by atoms with E-state index in [1.165, 1.54) is 11.3 Å². The Morgan fingerprint density at radius 1 is 0.949 bits per heavy atom. The largest absolute Gasteiger partial charge is 0.385 e. The Balaban J connectivity index is 1.34. The van der Waals surface area contributed by atoms with E-state index in [9.17, 15) is 9.90 Å². The van der Waals surface area contributed by atoms with E-state index in [4.69, 9.17) is 0 Å². The zero-order valence-electron chi connectivity index (χ0n) is 23.8. The smallest absolute Gasteiger partial charge is 0.142 e. The third-order valence-corrected chi connectivity index (χ3v) is 9.32. The molecule has 1 aliphatic carbocycles. The number of hydrazine groups is 1. The number of nitrogens with zero attached hydrogens (tertiary/aromatic N) is 3. The number of nitrogens with one attached hydrogen (secondary N) is 3. The SMILES string of the molecule is CNC1CN(c2ccccc2CC2CCCN(c3ccc(C4(O)CCCC4)cc3)C2C=O)CC(NC)N1NC. The van der Waals surface area contributed by atoms with Gasteiger partial charge in [-0.2, -0.15) is 0 Å². The molecule has 0 aromatic heterocycles. The molecule has 5 rings (SSSR count). The summed E-state index contributed by atoms with van der Waals surface area (Å²) in [6.45, 7) is 2.60. The zero-order valence-corrected chi connectivity index (χ0v) is 23.8. The van der Waals surface area contributed by atoms with Crippen LogP contribution >= 0.6 is 0 Å². The maximum atomic E-state index is 12.6. The highest BCUT2D eigenvalue weighted by molar-refractivity contribution is 5.68. The molecule has 8 heteroatoms. The summed E-state index contributed by atoms with van der Waals surface area (Å²) in [4.78, 5) is 17.3. The number of anilines is 2. The number of piperazine rings is 1. The maximum absolute atomic E-state index is 12.6. The first-order valence-electron chi connectivity index (χ1n) is 14.7. The summed E-state index contributed by atoms with van der Waals surface area (Å²) in [6.07, 6.45) is 8.28. The van der Waals surface area contributed by atoms with Gasteiger partial charge in [-0.3, -0.25) is 5.43 Å². The average Bonchev–Trinajstić information content (AvgIpc) is 3.44. The number of para-hydroxylation sites is 1. The molecular formula is C31H46N6O2. The first kappa shape index (κ1) is 28.1. The fraction of sp³-hybridized carbons (Fsp3) is 0.581. The van der Waals surface area contributed by atoms with E-state index >= 15 is 0 Å². The quantitative estimate of drug-likeness (QED) is 0.366. The lowest BCUT2D eigenvalue weighted by atomic mass is 9.83. The van der Waals surface area contributed by atoms with Crippen LogP contribution in [0.25, 0.3) is 0 Å². The summed E-state index contributed by atoms with van der Waals surface area (Å²) in [5.74, 6) is 0.245. The molecular weight excluding hydrogens is 488 g/mol. The Labute approximate surface area is 233 Å². The summed E-state index contributed by atoms with van der Waals surface area (Å²) in [5, 5.41) is 20.1. The molecule has 3 aliphatic rings. The van der Waals surface area contributed by atoms with Crippen LogP contribution < -0.4 is 25.9 Å². The average molecular weight is 535 g/mol. The van der Waals surface area contributed by atoms with Crippen LogP contribution in [0.15, 0.2) is 48.5 Å². The third kappa shape index (κ3) is 5.72. The second-order valence-electron chi connectivity index (χ2n) is 11.5. The Morgan fingerprint density at radius 2 is 1.62 bits per heavy atom. The van der Waals surface area contributed by atoms with E-state index < -0.39 is 5.60 Å². The number of aliphatic hydroxyl groups is 1. The predicted octanol–water partition coefficient (Wildman–Crippen LogP) is 2.82. The summed E-state index contributed by atoms with van der Waals surface area (Å²) in [7, 11) is 5.98. The molecule has 4 atom stereocenters. The second-order valence-corrected chi connectivity index (χ2v) is 11.5. The molecule has 2 saturated heterocycles. The van der Waals surface area contributed by atoms with Crippen molar-refractivity contribution < 1.29 is 9.90 Å². The van der Waals surface area contributed by atoms with Crippen LogP contribution in [-0.4, -0.2) is 75.6 Å². The van der Waals surface area contributed by atoms with Crippen molar-refractivity contribution in [2.24, 2.45) is 5.92 Å². The van der Waals surface area contributed by atoms with Crippen molar-refractivity contribution in [3.8, 4) is 0 Å². The molecule has 2 aromatic carbocycles. The number of likely N-dealkylation sites (N-methyl/N-ethyl adjacent to an activating group) is 2. The predicted molar refractivity (Wildman–Crippen MR) is 158 cm³/mol. The molecule has 1 saturated carbocycles. The van der Waals surface area contributed by atoms with E-state index in [0.717, 1.165) is 82.1 Å². The lowest BCUT2D eigenvalue weighted by molar-refractivity contribution is -0.110. The van der Waals surface area contributed by atoms with Gasteiger partial charge < -0.3 is 30.3 Å². The van der Waals surface area contributed by atoms with Crippen molar-refractivity contribution in [3.05, 3.63) is 59.7 Å². The lowest BCUT2D eigenvalue weighted by Gasteiger charge is -2.47. The number of rotatable bonds is 9. The molecule has 39 heavy (non-hydrogen) atoms. The molecule has 8 nitrogen and oxygen atoms in total. The van der Waals surface area contributed by atoms with Crippen LogP contribution in [0.5, 0.6) is 0 Å². The number of carbonyl (C=O) groups is 1. The van der Waals surface area contributed by atoms with Crippen LogP contribution in [0.3, 0.4) is 0 Å². The number of benzene rings is 2. The monoisotopic (exact) mass is 534 g/mol. The van der Waals surface area contributed by atoms with Crippen LogP contribution in [-0.2, 0) is 16.8 Å². The minimum absolute atomic E-state index is 0.160. The van der Waals surface area contributed by atoms with Gasteiger partial charge in [0.15, 0.2) is 0 Å².